The molecule has 8 nitrogen and oxygen atoms in total. The first-order chi connectivity index (χ1) is 14.7. The van der Waals surface area contributed by atoms with E-state index in [1.165, 1.54) is 4.80 Å². The standard InChI is InChI=1S/C22H19N7O/c1-16(18-11-13-23-14-12-18)24-26-22(30)20-9-7-17(8-10-20)15-29-27-21(25-28-29)19-5-3-2-4-6-19/h2-14H,15H2,1H3,(H,26,30)/b24-16-. The zero-order valence-corrected chi connectivity index (χ0v) is 16.3. The summed E-state index contributed by atoms with van der Waals surface area (Å²) >= 11 is 0. The van der Waals surface area contributed by atoms with Crippen LogP contribution in [-0.2, 0) is 6.54 Å². The Morgan fingerprint density at radius 3 is 2.43 bits per heavy atom. The number of nitrogens with zero attached hydrogens (tertiary/aromatic N) is 6. The molecule has 2 aromatic carbocycles. The molecule has 0 aliphatic rings. The van der Waals surface area contributed by atoms with Crippen molar-refractivity contribution >= 4 is 11.6 Å². The molecule has 2 heterocycles. The van der Waals surface area contributed by atoms with Gasteiger partial charge in [0.1, 0.15) is 0 Å². The minimum atomic E-state index is -0.278. The summed E-state index contributed by atoms with van der Waals surface area (Å²) in [6.45, 7) is 2.29. The molecule has 2 aromatic heterocycles. The Balaban J connectivity index is 1.38. The lowest BCUT2D eigenvalue weighted by molar-refractivity contribution is 0.0955. The smallest absolute Gasteiger partial charge is 0.267 e. The SMILES string of the molecule is C/C(=N/NC(=O)c1ccc(Cn2nnc(-c3ccccc3)n2)cc1)c1ccncc1. The Morgan fingerprint density at radius 2 is 1.70 bits per heavy atom. The van der Waals surface area contributed by atoms with Crippen molar-refractivity contribution in [3.05, 3.63) is 95.8 Å². The molecule has 4 rings (SSSR count). The Hall–Kier alpha value is -4.20. The van der Waals surface area contributed by atoms with E-state index >= 15 is 0 Å². The predicted octanol–water partition coefficient (Wildman–Crippen LogP) is 2.94. The van der Waals surface area contributed by atoms with Crippen molar-refractivity contribution in [2.45, 2.75) is 13.5 Å². The third kappa shape index (κ3) is 4.61. The van der Waals surface area contributed by atoms with Crippen LogP contribution in [0.4, 0.5) is 0 Å². The molecule has 1 N–H and O–H groups in total. The number of hydrogen-bond acceptors (Lipinski definition) is 6. The molecule has 0 aliphatic carbocycles. The average molecular weight is 397 g/mol. The van der Waals surface area contributed by atoms with Gasteiger partial charge < -0.3 is 0 Å². The van der Waals surface area contributed by atoms with Crippen molar-refractivity contribution in [3.63, 3.8) is 0 Å². The molecule has 0 spiro atoms. The number of tetrazole rings is 1. The van der Waals surface area contributed by atoms with E-state index in [1.54, 1.807) is 24.5 Å². The number of rotatable bonds is 6. The largest absolute Gasteiger partial charge is 0.271 e. The van der Waals surface area contributed by atoms with E-state index in [2.05, 4.69) is 30.9 Å². The Bertz CT molecular complexity index is 1150. The number of aromatic nitrogens is 5. The van der Waals surface area contributed by atoms with Crippen LogP contribution in [0.1, 0.15) is 28.4 Å². The maximum atomic E-state index is 12.3. The Kier molecular flexibility index (Phi) is 5.66. The van der Waals surface area contributed by atoms with E-state index in [0.717, 1.165) is 16.7 Å². The summed E-state index contributed by atoms with van der Waals surface area (Å²) in [5.41, 5.74) is 6.57. The van der Waals surface area contributed by atoms with Crippen LogP contribution in [0.25, 0.3) is 11.4 Å². The van der Waals surface area contributed by atoms with E-state index in [-0.39, 0.29) is 5.91 Å². The van der Waals surface area contributed by atoms with Crippen LogP contribution < -0.4 is 5.43 Å². The monoisotopic (exact) mass is 397 g/mol. The molecule has 0 radical (unpaired) electrons. The highest BCUT2D eigenvalue weighted by Crippen LogP contribution is 2.12. The van der Waals surface area contributed by atoms with Gasteiger partial charge in [0, 0.05) is 29.1 Å². The number of hydrazone groups is 1. The van der Waals surface area contributed by atoms with E-state index in [4.69, 9.17) is 0 Å². The summed E-state index contributed by atoms with van der Waals surface area (Å²) in [7, 11) is 0. The second kappa shape index (κ2) is 8.87. The molecule has 0 bridgehead atoms. The van der Waals surface area contributed by atoms with Gasteiger partial charge in [-0.15, -0.1) is 10.2 Å². The van der Waals surface area contributed by atoms with Crippen molar-refractivity contribution in [1.82, 2.24) is 30.6 Å². The lowest BCUT2D eigenvalue weighted by atomic mass is 10.1. The van der Waals surface area contributed by atoms with Gasteiger partial charge in [-0.05, 0) is 42.0 Å². The lowest BCUT2D eigenvalue weighted by Gasteiger charge is -2.04. The molecule has 30 heavy (non-hydrogen) atoms. The molecule has 0 saturated heterocycles. The van der Waals surface area contributed by atoms with Gasteiger partial charge in [-0.2, -0.15) is 9.90 Å². The quantitative estimate of drug-likeness (QED) is 0.398. The normalized spacial score (nSPS) is 11.3. The third-order valence-electron chi connectivity index (χ3n) is 4.45. The average Bonchev–Trinajstić information content (AvgIpc) is 3.27. The van der Waals surface area contributed by atoms with Gasteiger partial charge in [0.15, 0.2) is 0 Å². The zero-order valence-electron chi connectivity index (χ0n) is 16.3. The molecular formula is C22H19N7O. The third-order valence-corrected chi connectivity index (χ3v) is 4.45. The van der Waals surface area contributed by atoms with Gasteiger partial charge >= 0.3 is 0 Å². The molecular weight excluding hydrogens is 378 g/mol. The molecule has 1 amide bonds. The van der Waals surface area contributed by atoms with E-state index < -0.39 is 0 Å². The summed E-state index contributed by atoms with van der Waals surface area (Å²) in [6.07, 6.45) is 3.36. The molecule has 0 fully saturated rings. The van der Waals surface area contributed by atoms with Crippen LogP contribution in [0, 0.1) is 0 Å². The van der Waals surface area contributed by atoms with Crippen LogP contribution in [0.3, 0.4) is 0 Å². The molecule has 0 unspecified atom stereocenters. The molecule has 8 heteroatoms. The number of carbonyl (C=O) groups is 1. The van der Waals surface area contributed by atoms with Crippen LogP contribution in [-0.4, -0.2) is 36.8 Å². The lowest BCUT2D eigenvalue weighted by Crippen LogP contribution is -2.19. The van der Waals surface area contributed by atoms with E-state index in [9.17, 15) is 4.79 Å². The maximum absolute atomic E-state index is 12.3. The number of hydrogen-bond donors (Lipinski definition) is 1. The number of amides is 1. The maximum Gasteiger partial charge on any atom is 0.271 e. The highest BCUT2D eigenvalue weighted by molar-refractivity contribution is 6.00. The number of benzene rings is 2. The fourth-order valence-corrected chi connectivity index (χ4v) is 2.79. The second-order valence-corrected chi connectivity index (χ2v) is 6.58. The topological polar surface area (TPSA) is 98.0 Å². The van der Waals surface area contributed by atoms with Gasteiger partial charge in [0.25, 0.3) is 5.91 Å². The summed E-state index contributed by atoms with van der Waals surface area (Å²) in [4.78, 5) is 17.8. The first-order valence-corrected chi connectivity index (χ1v) is 9.36. The number of nitrogens with one attached hydrogen (secondary N) is 1. The van der Waals surface area contributed by atoms with Crippen molar-refractivity contribution in [2.75, 3.05) is 0 Å². The van der Waals surface area contributed by atoms with Crippen molar-refractivity contribution in [1.29, 1.82) is 0 Å². The molecule has 4 aromatic rings. The Labute approximate surface area is 173 Å². The number of pyridine rings is 1. The summed E-state index contributed by atoms with van der Waals surface area (Å²) < 4.78 is 0. The number of carbonyl (C=O) groups excluding carboxylic acids is 1. The minimum absolute atomic E-state index is 0.278. The van der Waals surface area contributed by atoms with Crippen LogP contribution in [0.2, 0.25) is 0 Å². The van der Waals surface area contributed by atoms with E-state index in [1.807, 2.05) is 61.5 Å². The van der Waals surface area contributed by atoms with Gasteiger partial charge in [0.05, 0.1) is 12.3 Å². The van der Waals surface area contributed by atoms with Crippen molar-refractivity contribution in [2.24, 2.45) is 5.10 Å². The zero-order chi connectivity index (χ0) is 20.8. The predicted molar refractivity (Wildman–Crippen MR) is 113 cm³/mol. The highest BCUT2D eigenvalue weighted by atomic mass is 16.2. The van der Waals surface area contributed by atoms with Gasteiger partial charge in [-0.3, -0.25) is 9.78 Å². The van der Waals surface area contributed by atoms with Crippen LogP contribution >= 0.6 is 0 Å². The molecule has 0 saturated carbocycles. The minimum Gasteiger partial charge on any atom is -0.267 e. The summed E-state index contributed by atoms with van der Waals surface area (Å²) in [5.74, 6) is 0.300. The molecule has 0 aliphatic heterocycles. The first-order valence-electron chi connectivity index (χ1n) is 9.36. The van der Waals surface area contributed by atoms with Crippen LogP contribution in [0.5, 0.6) is 0 Å². The molecule has 0 atom stereocenters. The first kappa shape index (κ1) is 19.1. The summed E-state index contributed by atoms with van der Waals surface area (Å²) in [5, 5.41) is 16.7. The van der Waals surface area contributed by atoms with Crippen molar-refractivity contribution < 1.29 is 4.79 Å². The van der Waals surface area contributed by atoms with Gasteiger partial charge in [0.2, 0.25) is 5.82 Å². The van der Waals surface area contributed by atoms with Crippen LogP contribution in [0.15, 0.2) is 84.2 Å². The van der Waals surface area contributed by atoms with Gasteiger partial charge in [-0.1, -0.05) is 42.5 Å². The van der Waals surface area contributed by atoms with Crippen molar-refractivity contribution in [3.8, 4) is 11.4 Å². The van der Waals surface area contributed by atoms with E-state index in [0.29, 0.717) is 23.6 Å². The van der Waals surface area contributed by atoms with Gasteiger partial charge in [-0.25, -0.2) is 5.43 Å². The fraction of sp³-hybridized carbons (Fsp3) is 0.0909. The molecule has 148 valence electrons. The highest BCUT2D eigenvalue weighted by Gasteiger charge is 2.08. The summed E-state index contributed by atoms with van der Waals surface area (Å²) in [6, 6.07) is 20.6. The Morgan fingerprint density at radius 1 is 0.967 bits per heavy atom. The second-order valence-electron chi connectivity index (χ2n) is 6.58. The fourth-order valence-electron chi connectivity index (χ4n) is 2.79.